The second-order valence-corrected chi connectivity index (χ2v) is 6.04. The minimum atomic E-state index is -0.769. The van der Waals surface area contributed by atoms with Crippen LogP contribution in [0.25, 0.3) is 0 Å². The molecule has 114 valence electrons. The molecule has 1 aromatic rings. The summed E-state index contributed by atoms with van der Waals surface area (Å²) in [6.07, 6.45) is 0.0910. The van der Waals surface area contributed by atoms with E-state index < -0.39 is 11.5 Å². The standard InChI is InChI=1S/C16H22N2O3/c1-17-6-8-18(9-7-17)16(10-15(19)20)12-21-11-13-4-2-3-5-14(13)16/h2-5H,6-12H2,1H3,(H,19,20). The average Bonchev–Trinajstić information content (AvgIpc) is 2.47. The van der Waals surface area contributed by atoms with Crippen molar-refractivity contribution >= 4 is 5.97 Å². The van der Waals surface area contributed by atoms with Crippen molar-refractivity contribution in [3.8, 4) is 0 Å². The fourth-order valence-corrected chi connectivity index (χ4v) is 3.51. The fourth-order valence-electron chi connectivity index (χ4n) is 3.51. The van der Waals surface area contributed by atoms with E-state index in [9.17, 15) is 9.90 Å². The summed E-state index contributed by atoms with van der Waals surface area (Å²) in [4.78, 5) is 16.1. The van der Waals surface area contributed by atoms with Gasteiger partial charge in [0.2, 0.25) is 0 Å². The summed E-state index contributed by atoms with van der Waals surface area (Å²) < 4.78 is 5.77. The molecule has 1 atom stereocenters. The van der Waals surface area contributed by atoms with Crippen LogP contribution in [0.15, 0.2) is 24.3 Å². The molecule has 0 radical (unpaired) electrons. The van der Waals surface area contributed by atoms with Gasteiger partial charge in [-0.05, 0) is 18.2 Å². The highest BCUT2D eigenvalue weighted by Crippen LogP contribution is 2.39. The number of benzene rings is 1. The van der Waals surface area contributed by atoms with Gasteiger partial charge in [0, 0.05) is 26.2 Å². The molecule has 0 aromatic heterocycles. The second kappa shape index (κ2) is 5.75. The number of piperazine rings is 1. The third-order valence-electron chi connectivity index (χ3n) is 4.67. The van der Waals surface area contributed by atoms with Crippen LogP contribution < -0.4 is 0 Å². The third kappa shape index (κ3) is 2.69. The second-order valence-electron chi connectivity index (χ2n) is 6.04. The molecule has 5 heteroatoms. The normalized spacial score (nSPS) is 27.3. The van der Waals surface area contributed by atoms with Crippen molar-refractivity contribution in [2.75, 3.05) is 39.8 Å². The lowest BCUT2D eigenvalue weighted by molar-refractivity contribution is -0.144. The quantitative estimate of drug-likeness (QED) is 0.904. The first-order chi connectivity index (χ1) is 10.1. The number of ether oxygens (including phenoxy) is 1. The zero-order valence-electron chi connectivity index (χ0n) is 12.4. The van der Waals surface area contributed by atoms with Gasteiger partial charge in [-0.2, -0.15) is 0 Å². The lowest BCUT2D eigenvalue weighted by Gasteiger charge is -2.49. The molecule has 21 heavy (non-hydrogen) atoms. The first kappa shape index (κ1) is 14.5. The highest BCUT2D eigenvalue weighted by atomic mass is 16.5. The number of carbonyl (C=O) groups is 1. The van der Waals surface area contributed by atoms with Crippen LogP contribution >= 0.6 is 0 Å². The minimum Gasteiger partial charge on any atom is -0.481 e. The minimum absolute atomic E-state index is 0.0910. The van der Waals surface area contributed by atoms with E-state index in [4.69, 9.17) is 4.74 Å². The van der Waals surface area contributed by atoms with Gasteiger partial charge in [0.15, 0.2) is 0 Å². The molecule has 5 nitrogen and oxygen atoms in total. The molecular formula is C16H22N2O3. The predicted molar refractivity (Wildman–Crippen MR) is 79.1 cm³/mol. The van der Waals surface area contributed by atoms with E-state index >= 15 is 0 Å². The summed E-state index contributed by atoms with van der Waals surface area (Å²) in [6, 6.07) is 8.10. The van der Waals surface area contributed by atoms with Gasteiger partial charge in [-0.15, -0.1) is 0 Å². The number of hydrogen-bond acceptors (Lipinski definition) is 4. The molecule has 0 bridgehead atoms. The molecule has 2 aliphatic rings. The molecule has 0 aliphatic carbocycles. The SMILES string of the molecule is CN1CCN(C2(CC(=O)O)COCc3ccccc32)CC1. The lowest BCUT2D eigenvalue weighted by atomic mass is 9.80. The fraction of sp³-hybridized carbons (Fsp3) is 0.562. The van der Waals surface area contributed by atoms with Crippen molar-refractivity contribution in [3.63, 3.8) is 0 Å². The molecule has 1 fully saturated rings. The first-order valence-electron chi connectivity index (χ1n) is 7.43. The highest BCUT2D eigenvalue weighted by molar-refractivity contribution is 5.69. The molecule has 3 rings (SSSR count). The van der Waals surface area contributed by atoms with Crippen molar-refractivity contribution in [1.29, 1.82) is 0 Å². The van der Waals surface area contributed by atoms with Crippen LogP contribution in [0.2, 0.25) is 0 Å². The van der Waals surface area contributed by atoms with Crippen molar-refractivity contribution in [1.82, 2.24) is 9.80 Å². The van der Waals surface area contributed by atoms with Gasteiger partial charge in [-0.25, -0.2) is 0 Å². The summed E-state index contributed by atoms with van der Waals surface area (Å²) in [7, 11) is 2.10. The Balaban J connectivity index is 2.00. The summed E-state index contributed by atoms with van der Waals surface area (Å²) >= 11 is 0. The zero-order valence-corrected chi connectivity index (χ0v) is 12.4. The number of aliphatic carboxylic acids is 1. The molecule has 0 saturated carbocycles. The lowest BCUT2D eigenvalue weighted by Crippen LogP contribution is -2.58. The van der Waals surface area contributed by atoms with E-state index in [0.29, 0.717) is 13.2 Å². The van der Waals surface area contributed by atoms with E-state index in [1.807, 2.05) is 18.2 Å². The average molecular weight is 290 g/mol. The van der Waals surface area contributed by atoms with Gasteiger partial charge < -0.3 is 14.7 Å². The number of rotatable bonds is 3. The monoisotopic (exact) mass is 290 g/mol. The summed E-state index contributed by atoms with van der Waals surface area (Å²) in [5.41, 5.74) is 1.72. The highest BCUT2D eigenvalue weighted by Gasteiger charge is 2.44. The van der Waals surface area contributed by atoms with E-state index in [0.717, 1.165) is 37.3 Å². The number of fused-ring (bicyclic) bond motifs is 1. The topological polar surface area (TPSA) is 53.0 Å². The molecule has 1 unspecified atom stereocenters. The van der Waals surface area contributed by atoms with Gasteiger partial charge >= 0.3 is 5.97 Å². The Morgan fingerprint density at radius 3 is 2.71 bits per heavy atom. The van der Waals surface area contributed by atoms with Crippen LogP contribution in [0, 0.1) is 0 Å². The van der Waals surface area contributed by atoms with Gasteiger partial charge in [0.1, 0.15) is 0 Å². The maximum atomic E-state index is 11.5. The molecule has 1 N–H and O–H groups in total. The molecule has 1 aromatic carbocycles. The Hall–Kier alpha value is -1.43. The van der Waals surface area contributed by atoms with Crippen LogP contribution in [-0.2, 0) is 21.7 Å². The Morgan fingerprint density at radius 1 is 1.29 bits per heavy atom. The Bertz CT molecular complexity index is 526. The van der Waals surface area contributed by atoms with Crippen molar-refractivity contribution < 1.29 is 14.6 Å². The number of likely N-dealkylation sites (N-methyl/N-ethyl adjacent to an activating group) is 1. The number of nitrogens with zero attached hydrogens (tertiary/aromatic N) is 2. The van der Waals surface area contributed by atoms with Crippen molar-refractivity contribution in [3.05, 3.63) is 35.4 Å². The van der Waals surface area contributed by atoms with Crippen LogP contribution in [0.1, 0.15) is 17.5 Å². The van der Waals surface area contributed by atoms with Crippen molar-refractivity contribution in [2.24, 2.45) is 0 Å². The Kier molecular flexibility index (Phi) is 3.97. The van der Waals surface area contributed by atoms with Gasteiger partial charge in [-0.1, -0.05) is 24.3 Å². The van der Waals surface area contributed by atoms with Crippen LogP contribution in [0.3, 0.4) is 0 Å². The molecule has 2 heterocycles. The molecule has 2 aliphatic heterocycles. The smallest absolute Gasteiger partial charge is 0.305 e. The maximum absolute atomic E-state index is 11.5. The summed E-state index contributed by atoms with van der Waals surface area (Å²) in [5.74, 6) is -0.769. The molecule has 0 amide bonds. The summed E-state index contributed by atoms with van der Waals surface area (Å²) in [5, 5.41) is 9.45. The maximum Gasteiger partial charge on any atom is 0.305 e. The van der Waals surface area contributed by atoms with Crippen molar-refractivity contribution in [2.45, 2.75) is 18.6 Å². The molecule has 1 saturated heterocycles. The van der Waals surface area contributed by atoms with E-state index in [1.165, 1.54) is 0 Å². The molecular weight excluding hydrogens is 268 g/mol. The zero-order chi connectivity index (χ0) is 14.9. The third-order valence-corrected chi connectivity index (χ3v) is 4.67. The predicted octanol–water partition coefficient (Wildman–Crippen LogP) is 1.13. The van der Waals surface area contributed by atoms with Gasteiger partial charge in [0.05, 0.1) is 25.2 Å². The number of carboxylic acid groups (broad SMARTS) is 1. The van der Waals surface area contributed by atoms with Crippen LogP contribution in [-0.4, -0.2) is 60.7 Å². The van der Waals surface area contributed by atoms with Gasteiger partial charge in [-0.3, -0.25) is 9.69 Å². The number of carboxylic acids is 1. The van der Waals surface area contributed by atoms with Gasteiger partial charge in [0.25, 0.3) is 0 Å². The Labute approximate surface area is 125 Å². The van der Waals surface area contributed by atoms with Crippen LogP contribution in [0.5, 0.6) is 0 Å². The Morgan fingerprint density at radius 2 is 2.00 bits per heavy atom. The first-order valence-corrected chi connectivity index (χ1v) is 7.43. The van der Waals surface area contributed by atoms with Crippen LogP contribution in [0.4, 0.5) is 0 Å². The number of hydrogen-bond donors (Lipinski definition) is 1. The van der Waals surface area contributed by atoms with E-state index in [-0.39, 0.29) is 6.42 Å². The van der Waals surface area contributed by atoms with E-state index in [2.05, 4.69) is 22.9 Å². The van der Waals surface area contributed by atoms with E-state index in [1.54, 1.807) is 0 Å². The summed E-state index contributed by atoms with van der Waals surface area (Å²) in [6.45, 7) is 4.71. The largest absolute Gasteiger partial charge is 0.481 e. The molecule has 0 spiro atoms.